The van der Waals surface area contributed by atoms with E-state index in [4.69, 9.17) is 5.84 Å². The van der Waals surface area contributed by atoms with E-state index in [2.05, 4.69) is 4.99 Å². The summed E-state index contributed by atoms with van der Waals surface area (Å²) in [6.07, 6.45) is 0. The van der Waals surface area contributed by atoms with Crippen molar-refractivity contribution >= 4 is 5.84 Å². The molecule has 2 N–H and O–H groups in total. The van der Waals surface area contributed by atoms with Gasteiger partial charge in [-0.3, -0.25) is 10.0 Å². The highest BCUT2D eigenvalue weighted by atomic mass is 15.4. The van der Waals surface area contributed by atoms with Crippen LogP contribution in [-0.2, 0) is 0 Å². The Balaban J connectivity index is 3.88. The first-order valence-electron chi connectivity index (χ1n) is 3.07. The van der Waals surface area contributed by atoms with Crippen molar-refractivity contribution in [3.63, 3.8) is 0 Å². The number of hydrogen-bond acceptors (Lipinski definition) is 2. The summed E-state index contributed by atoms with van der Waals surface area (Å²) >= 11 is 0. The van der Waals surface area contributed by atoms with Gasteiger partial charge in [-0.1, -0.05) is 0 Å². The molecule has 0 heterocycles. The Bertz CT molecular complexity index is 107. The summed E-state index contributed by atoms with van der Waals surface area (Å²) in [6, 6.07) is 0.327. The molecule has 9 heavy (non-hydrogen) atoms. The first kappa shape index (κ1) is 8.43. The molecule has 0 rings (SSSR count). The van der Waals surface area contributed by atoms with Gasteiger partial charge < -0.3 is 0 Å². The lowest BCUT2D eigenvalue weighted by Gasteiger charge is -2.21. The zero-order chi connectivity index (χ0) is 7.44. The first-order chi connectivity index (χ1) is 4.09. The Morgan fingerprint density at radius 2 is 2.00 bits per heavy atom. The van der Waals surface area contributed by atoms with Gasteiger partial charge in [0, 0.05) is 13.1 Å². The number of nitrogens with zero attached hydrogens (tertiary/aromatic N) is 2. The second-order valence-electron chi connectivity index (χ2n) is 2.27. The Kier molecular flexibility index (Phi) is 3.24. The number of hydrazine groups is 1. The highest BCUT2D eigenvalue weighted by Gasteiger charge is 2.02. The van der Waals surface area contributed by atoms with Crippen molar-refractivity contribution in [1.82, 2.24) is 5.01 Å². The number of rotatable bonds is 1. The normalized spacial score (nSPS) is 12.4. The predicted octanol–water partition coefficient (Wildman–Crippen LogP) is 0.619. The zero-order valence-electron chi connectivity index (χ0n) is 6.55. The van der Waals surface area contributed by atoms with Crippen molar-refractivity contribution in [3.8, 4) is 0 Å². The lowest BCUT2D eigenvalue weighted by atomic mass is 10.4. The molecule has 0 aliphatic heterocycles. The Morgan fingerprint density at radius 3 is 2.11 bits per heavy atom. The highest BCUT2D eigenvalue weighted by Crippen LogP contribution is 1.90. The van der Waals surface area contributed by atoms with Crippen LogP contribution in [-0.4, -0.2) is 23.9 Å². The zero-order valence-corrected chi connectivity index (χ0v) is 6.55. The lowest BCUT2D eigenvalue weighted by Crippen LogP contribution is -2.41. The third kappa shape index (κ3) is 2.46. The van der Waals surface area contributed by atoms with Crippen LogP contribution in [0.15, 0.2) is 4.99 Å². The minimum absolute atomic E-state index is 0.327. The molecular weight excluding hydrogens is 114 g/mol. The fraction of sp³-hybridized carbons (Fsp3) is 0.833. The smallest absolute Gasteiger partial charge is 0.110 e. The summed E-state index contributed by atoms with van der Waals surface area (Å²) in [4.78, 5) is 3.93. The van der Waals surface area contributed by atoms with Gasteiger partial charge in [0.05, 0.1) is 0 Å². The van der Waals surface area contributed by atoms with Crippen molar-refractivity contribution in [2.45, 2.75) is 26.8 Å². The molecular formula is C6H15N3. The van der Waals surface area contributed by atoms with Gasteiger partial charge in [-0.25, -0.2) is 5.84 Å². The van der Waals surface area contributed by atoms with Crippen LogP contribution in [0, 0.1) is 0 Å². The van der Waals surface area contributed by atoms with Crippen molar-refractivity contribution in [2.24, 2.45) is 10.8 Å². The molecule has 0 fully saturated rings. The topological polar surface area (TPSA) is 41.6 Å². The molecule has 0 saturated heterocycles. The van der Waals surface area contributed by atoms with Crippen LogP contribution >= 0.6 is 0 Å². The second kappa shape index (κ2) is 3.45. The first-order valence-corrected chi connectivity index (χ1v) is 3.07. The van der Waals surface area contributed by atoms with Gasteiger partial charge in [0.25, 0.3) is 0 Å². The van der Waals surface area contributed by atoms with Crippen LogP contribution in [0.5, 0.6) is 0 Å². The number of aliphatic imine (C=N–C) groups is 1. The summed E-state index contributed by atoms with van der Waals surface area (Å²) in [6.45, 7) is 5.93. The van der Waals surface area contributed by atoms with Crippen LogP contribution < -0.4 is 5.84 Å². The molecule has 0 atom stereocenters. The molecule has 0 unspecified atom stereocenters. The van der Waals surface area contributed by atoms with E-state index < -0.39 is 0 Å². The van der Waals surface area contributed by atoms with E-state index in [1.165, 1.54) is 0 Å². The predicted molar refractivity (Wildman–Crippen MR) is 40.2 cm³/mol. The van der Waals surface area contributed by atoms with Gasteiger partial charge in [-0.05, 0) is 20.8 Å². The maximum Gasteiger partial charge on any atom is 0.110 e. The summed E-state index contributed by atoms with van der Waals surface area (Å²) in [7, 11) is 1.73. The Labute approximate surface area is 56.5 Å². The van der Waals surface area contributed by atoms with E-state index in [0.717, 1.165) is 5.84 Å². The molecule has 0 amide bonds. The Morgan fingerprint density at radius 1 is 1.56 bits per heavy atom. The average molecular weight is 129 g/mol. The quantitative estimate of drug-likeness (QED) is 0.244. The van der Waals surface area contributed by atoms with Gasteiger partial charge in [-0.2, -0.15) is 0 Å². The number of hydrogen-bond donors (Lipinski definition) is 1. The van der Waals surface area contributed by atoms with Crippen LogP contribution in [0.1, 0.15) is 20.8 Å². The number of nitrogens with two attached hydrogens (primary N) is 1. The summed E-state index contributed by atoms with van der Waals surface area (Å²) in [5.41, 5.74) is 0. The molecule has 3 nitrogen and oxygen atoms in total. The lowest BCUT2D eigenvalue weighted by molar-refractivity contribution is 0.361. The van der Waals surface area contributed by atoms with Crippen LogP contribution in [0.3, 0.4) is 0 Å². The molecule has 0 aliphatic carbocycles. The van der Waals surface area contributed by atoms with Crippen LogP contribution in [0.25, 0.3) is 0 Å². The molecule has 0 aliphatic rings. The largest absolute Gasteiger partial charge is 0.296 e. The van der Waals surface area contributed by atoms with E-state index in [1.54, 1.807) is 12.1 Å². The monoisotopic (exact) mass is 129 g/mol. The highest BCUT2D eigenvalue weighted by molar-refractivity contribution is 5.79. The van der Waals surface area contributed by atoms with Gasteiger partial charge in [-0.15, -0.1) is 0 Å². The van der Waals surface area contributed by atoms with Crippen molar-refractivity contribution < 1.29 is 0 Å². The SMILES string of the molecule is C/N=C(/C)N(N)C(C)C. The van der Waals surface area contributed by atoms with Gasteiger partial charge in [0.2, 0.25) is 0 Å². The van der Waals surface area contributed by atoms with Crippen molar-refractivity contribution in [3.05, 3.63) is 0 Å². The van der Waals surface area contributed by atoms with Crippen LogP contribution in [0.2, 0.25) is 0 Å². The molecule has 3 heteroatoms. The average Bonchev–Trinajstić information content (AvgIpc) is 1.84. The Hall–Kier alpha value is -0.570. The van der Waals surface area contributed by atoms with Crippen molar-refractivity contribution in [1.29, 1.82) is 0 Å². The maximum atomic E-state index is 5.57. The molecule has 0 saturated carbocycles. The fourth-order valence-electron chi connectivity index (χ4n) is 0.489. The molecule has 0 aromatic heterocycles. The van der Waals surface area contributed by atoms with Crippen LogP contribution in [0.4, 0.5) is 0 Å². The summed E-state index contributed by atoms with van der Waals surface area (Å²) in [5, 5.41) is 1.64. The molecule has 0 aromatic carbocycles. The maximum absolute atomic E-state index is 5.57. The van der Waals surface area contributed by atoms with E-state index in [-0.39, 0.29) is 0 Å². The second-order valence-corrected chi connectivity index (χ2v) is 2.27. The summed E-state index contributed by atoms with van der Waals surface area (Å²) < 4.78 is 0. The standard InChI is InChI=1S/C6H15N3/c1-5(2)9(7)6(3)8-4/h5H,7H2,1-4H3/b8-6-. The number of amidine groups is 1. The van der Waals surface area contributed by atoms with E-state index in [0.29, 0.717) is 6.04 Å². The molecule has 54 valence electrons. The van der Waals surface area contributed by atoms with E-state index >= 15 is 0 Å². The van der Waals surface area contributed by atoms with E-state index in [9.17, 15) is 0 Å². The van der Waals surface area contributed by atoms with Gasteiger partial charge in [0.1, 0.15) is 5.84 Å². The van der Waals surface area contributed by atoms with Gasteiger partial charge >= 0.3 is 0 Å². The molecule has 0 aromatic rings. The third-order valence-electron chi connectivity index (χ3n) is 1.25. The molecule has 0 bridgehead atoms. The van der Waals surface area contributed by atoms with Gasteiger partial charge in [0.15, 0.2) is 0 Å². The summed E-state index contributed by atoms with van der Waals surface area (Å²) in [5.74, 6) is 6.44. The fourth-order valence-corrected chi connectivity index (χ4v) is 0.489. The minimum atomic E-state index is 0.327. The van der Waals surface area contributed by atoms with Crippen molar-refractivity contribution in [2.75, 3.05) is 7.05 Å². The molecule has 0 spiro atoms. The minimum Gasteiger partial charge on any atom is -0.296 e. The molecule has 0 radical (unpaired) electrons. The third-order valence-corrected chi connectivity index (χ3v) is 1.25. The van der Waals surface area contributed by atoms with E-state index in [1.807, 2.05) is 20.8 Å².